The Kier molecular flexibility index (Phi) is 2.93. The Bertz CT molecular complexity index is 457. The Labute approximate surface area is 106 Å². The van der Waals surface area contributed by atoms with Gasteiger partial charge in [-0.15, -0.1) is 0 Å². The number of carbonyl (C=O) groups excluding carboxylic acids is 1. The van der Waals surface area contributed by atoms with E-state index in [4.69, 9.17) is 9.47 Å². The zero-order chi connectivity index (χ0) is 12.5. The third-order valence-electron chi connectivity index (χ3n) is 3.39. The number of ether oxygens (including phenoxy) is 2. The molecule has 1 fully saturated rings. The standard InChI is InChI=1S/C13H16N2O3/c1-15-10-5-3-2-4-9(10)14-12(13(15)16)11-8-17-6-7-18-11/h2-5,11-12,14H,6-8H2,1H3. The number of hydrogen-bond donors (Lipinski definition) is 1. The first-order chi connectivity index (χ1) is 8.77. The highest BCUT2D eigenvalue weighted by Crippen LogP contribution is 2.31. The second-order valence-corrected chi connectivity index (χ2v) is 4.52. The number of rotatable bonds is 1. The molecule has 2 heterocycles. The van der Waals surface area contributed by atoms with Gasteiger partial charge in [0.05, 0.1) is 31.2 Å². The minimum Gasteiger partial charge on any atom is -0.376 e. The van der Waals surface area contributed by atoms with Gasteiger partial charge >= 0.3 is 0 Å². The second kappa shape index (κ2) is 4.59. The van der Waals surface area contributed by atoms with Crippen molar-refractivity contribution < 1.29 is 14.3 Å². The molecule has 0 aromatic heterocycles. The third-order valence-corrected chi connectivity index (χ3v) is 3.39. The molecule has 96 valence electrons. The SMILES string of the molecule is CN1C(=O)C(C2COCCO2)Nc2ccccc21. The summed E-state index contributed by atoms with van der Waals surface area (Å²) in [5.41, 5.74) is 1.86. The molecular formula is C13H16N2O3. The molecule has 0 aliphatic carbocycles. The minimum atomic E-state index is -0.370. The maximum atomic E-state index is 12.3. The molecule has 2 aliphatic rings. The average molecular weight is 248 g/mol. The summed E-state index contributed by atoms with van der Waals surface area (Å²) in [7, 11) is 1.79. The van der Waals surface area contributed by atoms with Gasteiger partial charge in [0, 0.05) is 7.05 Å². The fraction of sp³-hybridized carbons (Fsp3) is 0.462. The Morgan fingerprint density at radius 3 is 2.94 bits per heavy atom. The van der Waals surface area contributed by atoms with E-state index in [0.717, 1.165) is 11.4 Å². The van der Waals surface area contributed by atoms with Crippen LogP contribution in [0.15, 0.2) is 24.3 Å². The van der Waals surface area contributed by atoms with Crippen molar-refractivity contribution in [3.05, 3.63) is 24.3 Å². The molecule has 2 aliphatic heterocycles. The smallest absolute Gasteiger partial charge is 0.252 e. The summed E-state index contributed by atoms with van der Waals surface area (Å²) in [6.45, 7) is 1.60. The van der Waals surface area contributed by atoms with Crippen LogP contribution in [0, 0.1) is 0 Å². The van der Waals surface area contributed by atoms with Crippen molar-refractivity contribution in [3.63, 3.8) is 0 Å². The van der Waals surface area contributed by atoms with Crippen LogP contribution in [-0.4, -0.2) is 44.9 Å². The normalized spacial score (nSPS) is 27.6. The van der Waals surface area contributed by atoms with Gasteiger partial charge in [-0.1, -0.05) is 12.1 Å². The summed E-state index contributed by atoms with van der Waals surface area (Å²) in [5, 5.41) is 3.25. The zero-order valence-electron chi connectivity index (χ0n) is 10.3. The largest absolute Gasteiger partial charge is 0.376 e. The number of likely N-dealkylation sites (N-methyl/N-ethyl adjacent to an activating group) is 1. The summed E-state index contributed by atoms with van der Waals surface area (Å²) in [5.74, 6) is 0.0178. The van der Waals surface area contributed by atoms with Gasteiger partial charge in [-0.3, -0.25) is 4.79 Å². The summed E-state index contributed by atoms with van der Waals surface area (Å²) in [6.07, 6.45) is -0.220. The van der Waals surface area contributed by atoms with Crippen LogP contribution in [0.4, 0.5) is 11.4 Å². The highest BCUT2D eigenvalue weighted by Gasteiger charge is 2.37. The lowest BCUT2D eigenvalue weighted by atomic mass is 10.0. The van der Waals surface area contributed by atoms with E-state index in [1.54, 1.807) is 11.9 Å². The molecule has 5 nitrogen and oxygen atoms in total. The van der Waals surface area contributed by atoms with E-state index < -0.39 is 0 Å². The highest BCUT2D eigenvalue weighted by molar-refractivity contribution is 6.04. The van der Waals surface area contributed by atoms with Crippen LogP contribution in [0.5, 0.6) is 0 Å². The molecule has 5 heteroatoms. The van der Waals surface area contributed by atoms with E-state index in [1.165, 1.54) is 0 Å². The Hall–Kier alpha value is -1.59. The predicted molar refractivity (Wildman–Crippen MR) is 67.8 cm³/mol. The molecule has 18 heavy (non-hydrogen) atoms. The maximum absolute atomic E-state index is 12.3. The Morgan fingerprint density at radius 2 is 2.17 bits per heavy atom. The number of para-hydroxylation sites is 2. The van der Waals surface area contributed by atoms with Crippen molar-refractivity contribution in [2.24, 2.45) is 0 Å². The van der Waals surface area contributed by atoms with Gasteiger partial charge < -0.3 is 19.7 Å². The first-order valence-corrected chi connectivity index (χ1v) is 6.10. The number of carbonyl (C=O) groups is 1. The van der Waals surface area contributed by atoms with Crippen molar-refractivity contribution in [2.75, 3.05) is 37.1 Å². The van der Waals surface area contributed by atoms with E-state index in [9.17, 15) is 4.79 Å². The van der Waals surface area contributed by atoms with Crippen LogP contribution in [0.3, 0.4) is 0 Å². The fourth-order valence-corrected chi connectivity index (χ4v) is 2.40. The van der Waals surface area contributed by atoms with Crippen LogP contribution in [0.1, 0.15) is 0 Å². The van der Waals surface area contributed by atoms with Crippen LogP contribution < -0.4 is 10.2 Å². The van der Waals surface area contributed by atoms with Gasteiger partial charge in [0.25, 0.3) is 5.91 Å². The predicted octanol–water partition coefficient (Wildman–Crippen LogP) is 0.859. The molecule has 0 spiro atoms. The lowest BCUT2D eigenvalue weighted by Gasteiger charge is -2.37. The molecule has 3 rings (SSSR count). The van der Waals surface area contributed by atoms with Crippen LogP contribution in [-0.2, 0) is 14.3 Å². The molecule has 0 bridgehead atoms. The summed E-state index contributed by atoms with van der Waals surface area (Å²) in [4.78, 5) is 14.0. The Balaban J connectivity index is 1.88. The van der Waals surface area contributed by atoms with Gasteiger partial charge in [-0.25, -0.2) is 0 Å². The third kappa shape index (κ3) is 1.85. The average Bonchev–Trinajstić information content (AvgIpc) is 2.44. The molecule has 2 atom stereocenters. The van der Waals surface area contributed by atoms with Gasteiger partial charge in [0.2, 0.25) is 0 Å². The van der Waals surface area contributed by atoms with Crippen molar-refractivity contribution >= 4 is 17.3 Å². The van der Waals surface area contributed by atoms with Gasteiger partial charge in [0.15, 0.2) is 0 Å². The highest BCUT2D eigenvalue weighted by atomic mass is 16.6. The zero-order valence-corrected chi connectivity index (χ0v) is 10.3. The van der Waals surface area contributed by atoms with Crippen molar-refractivity contribution in [1.82, 2.24) is 0 Å². The molecule has 1 saturated heterocycles. The summed E-state index contributed by atoms with van der Waals surface area (Å²) < 4.78 is 11.0. The molecule has 2 unspecified atom stereocenters. The number of benzene rings is 1. The number of amides is 1. The number of nitrogens with zero attached hydrogens (tertiary/aromatic N) is 1. The van der Waals surface area contributed by atoms with Crippen LogP contribution in [0.2, 0.25) is 0 Å². The quantitative estimate of drug-likeness (QED) is 0.801. The summed E-state index contributed by atoms with van der Waals surface area (Å²) >= 11 is 0. The minimum absolute atomic E-state index is 0.0178. The van der Waals surface area contributed by atoms with Gasteiger partial charge in [0.1, 0.15) is 12.1 Å². The second-order valence-electron chi connectivity index (χ2n) is 4.52. The molecule has 0 radical (unpaired) electrons. The van der Waals surface area contributed by atoms with Crippen LogP contribution in [0.25, 0.3) is 0 Å². The number of anilines is 2. The van der Waals surface area contributed by atoms with Crippen LogP contribution >= 0.6 is 0 Å². The molecule has 1 aromatic rings. The van der Waals surface area contributed by atoms with Gasteiger partial charge in [-0.05, 0) is 12.1 Å². The van der Waals surface area contributed by atoms with E-state index in [0.29, 0.717) is 19.8 Å². The molecule has 1 N–H and O–H groups in total. The molecular weight excluding hydrogens is 232 g/mol. The first-order valence-electron chi connectivity index (χ1n) is 6.10. The Morgan fingerprint density at radius 1 is 1.33 bits per heavy atom. The van der Waals surface area contributed by atoms with Crippen molar-refractivity contribution in [3.8, 4) is 0 Å². The van der Waals surface area contributed by atoms with Gasteiger partial charge in [-0.2, -0.15) is 0 Å². The first kappa shape index (κ1) is 11.5. The maximum Gasteiger partial charge on any atom is 0.252 e. The lowest BCUT2D eigenvalue weighted by molar-refractivity contribution is -0.131. The number of fused-ring (bicyclic) bond motifs is 1. The summed E-state index contributed by atoms with van der Waals surface area (Å²) in [6, 6.07) is 7.39. The number of hydrogen-bond acceptors (Lipinski definition) is 4. The van der Waals surface area contributed by atoms with E-state index in [2.05, 4.69) is 5.32 Å². The molecule has 0 saturated carbocycles. The van der Waals surface area contributed by atoms with E-state index in [-0.39, 0.29) is 18.1 Å². The van der Waals surface area contributed by atoms with Crippen molar-refractivity contribution in [1.29, 1.82) is 0 Å². The van der Waals surface area contributed by atoms with Crippen molar-refractivity contribution in [2.45, 2.75) is 12.1 Å². The number of nitrogens with one attached hydrogen (secondary N) is 1. The van der Waals surface area contributed by atoms with E-state index >= 15 is 0 Å². The lowest BCUT2D eigenvalue weighted by Crippen LogP contribution is -2.54. The molecule has 1 aromatic carbocycles. The van der Waals surface area contributed by atoms with E-state index in [1.807, 2.05) is 24.3 Å². The topological polar surface area (TPSA) is 50.8 Å². The monoisotopic (exact) mass is 248 g/mol. The molecule has 1 amide bonds. The fourth-order valence-electron chi connectivity index (χ4n) is 2.40.